The largest absolute Gasteiger partial charge is 0.484 e. The summed E-state index contributed by atoms with van der Waals surface area (Å²) >= 11 is 1.65. The summed E-state index contributed by atoms with van der Waals surface area (Å²) in [5.74, 6) is 0.964. The molecule has 1 aliphatic rings. The molecule has 4 rings (SSSR count). The van der Waals surface area contributed by atoms with Gasteiger partial charge >= 0.3 is 0 Å². The number of thiazole rings is 1. The summed E-state index contributed by atoms with van der Waals surface area (Å²) in [6, 6.07) is 5.99. The number of rotatable bonds is 6. The number of fused-ring (bicyclic) bond motifs is 1. The van der Waals surface area contributed by atoms with Crippen molar-refractivity contribution in [2.45, 2.75) is 39.3 Å². The molecule has 8 heteroatoms. The van der Waals surface area contributed by atoms with E-state index >= 15 is 0 Å². The van der Waals surface area contributed by atoms with Crippen LogP contribution >= 0.6 is 11.3 Å². The molecular weight excluding hydrogens is 378 g/mol. The molecule has 3 heterocycles. The summed E-state index contributed by atoms with van der Waals surface area (Å²) < 4.78 is 17.8. The van der Waals surface area contributed by atoms with E-state index in [2.05, 4.69) is 9.97 Å². The van der Waals surface area contributed by atoms with Crippen LogP contribution in [0, 0.1) is 6.92 Å². The summed E-state index contributed by atoms with van der Waals surface area (Å²) in [5.41, 5.74) is 1.23. The highest BCUT2D eigenvalue weighted by atomic mass is 32.1. The van der Waals surface area contributed by atoms with Crippen LogP contribution in [0.15, 0.2) is 28.9 Å². The molecule has 0 radical (unpaired) electrons. The number of hydrogen-bond acceptors (Lipinski definition) is 7. The molecule has 0 saturated carbocycles. The highest BCUT2D eigenvalue weighted by Gasteiger charge is 2.27. The average Bonchev–Trinajstić information content (AvgIpc) is 3.33. The molecule has 28 heavy (non-hydrogen) atoms. The van der Waals surface area contributed by atoms with Gasteiger partial charge < -0.3 is 18.8 Å². The zero-order valence-electron chi connectivity index (χ0n) is 16.0. The molecule has 0 aliphatic carbocycles. The quantitative estimate of drug-likeness (QED) is 0.625. The lowest BCUT2D eigenvalue weighted by Gasteiger charge is -2.32. The van der Waals surface area contributed by atoms with Gasteiger partial charge in [-0.05, 0) is 38.8 Å². The number of aryl methyl sites for hydroxylation is 1. The van der Waals surface area contributed by atoms with Crippen molar-refractivity contribution in [2.24, 2.45) is 0 Å². The number of carbonyl (C=O) groups excluding carboxylic acids is 1. The van der Waals surface area contributed by atoms with Gasteiger partial charge in [-0.15, -0.1) is 11.3 Å². The van der Waals surface area contributed by atoms with E-state index in [0.29, 0.717) is 37.1 Å². The molecule has 1 saturated heterocycles. The summed E-state index contributed by atoms with van der Waals surface area (Å²) in [6.07, 6.45) is 3.12. The van der Waals surface area contributed by atoms with E-state index in [-0.39, 0.29) is 18.6 Å². The van der Waals surface area contributed by atoms with E-state index in [1.807, 2.05) is 36.9 Å². The summed E-state index contributed by atoms with van der Waals surface area (Å²) in [7, 11) is 0. The SMILES string of the molecule is CCN(C(=O)c1coc(COc2ccc3sc(C)nc3c2)n1)C1CCOCC1. The van der Waals surface area contributed by atoms with E-state index in [1.165, 1.54) is 6.26 Å². The van der Waals surface area contributed by atoms with Crippen LogP contribution in [0.3, 0.4) is 0 Å². The number of amides is 1. The first-order chi connectivity index (χ1) is 13.6. The van der Waals surface area contributed by atoms with Crippen molar-refractivity contribution in [3.05, 3.63) is 41.1 Å². The van der Waals surface area contributed by atoms with Crippen LogP contribution in [0.4, 0.5) is 0 Å². The van der Waals surface area contributed by atoms with Crippen LogP contribution < -0.4 is 4.74 Å². The highest BCUT2D eigenvalue weighted by molar-refractivity contribution is 7.18. The molecule has 1 aromatic carbocycles. The molecule has 148 valence electrons. The minimum Gasteiger partial charge on any atom is -0.484 e. The Hall–Kier alpha value is -2.45. The first kappa shape index (κ1) is 18.9. The van der Waals surface area contributed by atoms with Crippen molar-refractivity contribution >= 4 is 27.5 Å². The van der Waals surface area contributed by atoms with Crippen molar-refractivity contribution < 1.29 is 18.7 Å². The van der Waals surface area contributed by atoms with E-state index in [4.69, 9.17) is 13.9 Å². The Bertz CT molecular complexity index is 961. The highest BCUT2D eigenvalue weighted by Crippen LogP contribution is 2.26. The second-order valence-corrected chi connectivity index (χ2v) is 7.95. The number of nitrogens with zero attached hydrogens (tertiary/aromatic N) is 3. The van der Waals surface area contributed by atoms with E-state index in [1.54, 1.807) is 11.3 Å². The van der Waals surface area contributed by atoms with Crippen molar-refractivity contribution in [3.63, 3.8) is 0 Å². The van der Waals surface area contributed by atoms with Crippen LogP contribution in [0.2, 0.25) is 0 Å². The zero-order valence-corrected chi connectivity index (χ0v) is 16.8. The smallest absolute Gasteiger partial charge is 0.276 e. The van der Waals surface area contributed by atoms with Gasteiger partial charge in [-0.1, -0.05) is 0 Å². The lowest BCUT2D eigenvalue weighted by atomic mass is 10.1. The Morgan fingerprint density at radius 2 is 2.14 bits per heavy atom. The molecule has 0 unspecified atom stereocenters. The van der Waals surface area contributed by atoms with Crippen LogP contribution in [0.5, 0.6) is 5.75 Å². The van der Waals surface area contributed by atoms with Gasteiger partial charge in [0.1, 0.15) is 12.0 Å². The summed E-state index contributed by atoms with van der Waals surface area (Å²) in [4.78, 5) is 23.5. The normalized spacial score (nSPS) is 15.1. The fraction of sp³-hybridized carbons (Fsp3) is 0.450. The Morgan fingerprint density at radius 1 is 1.32 bits per heavy atom. The van der Waals surface area contributed by atoms with E-state index in [9.17, 15) is 4.79 Å². The average molecular weight is 401 g/mol. The number of aromatic nitrogens is 2. The second-order valence-electron chi connectivity index (χ2n) is 6.71. The van der Waals surface area contributed by atoms with Gasteiger partial charge in [-0.2, -0.15) is 0 Å². The minimum absolute atomic E-state index is 0.108. The number of benzene rings is 1. The molecule has 7 nitrogen and oxygen atoms in total. The van der Waals surface area contributed by atoms with Crippen LogP contribution in [0.25, 0.3) is 10.2 Å². The monoisotopic (exact) mass is 401 g/mol. The van der Waals surface area contributed by atoms with Crippen molar-refractivity contribution in [1.82, 2.24) is 14.9 Å². The van der Waals surface area contributed by atoms with Gasteiger partial charge in [0.05, 0.1) is 15.2 Å². The maximum atomic E-state index is 12.8. The fourth-order valence-corrected chi connectivity index (χ4v) is 4.25. The number of oxazole rings is 1. The Kier molecular flexibility index (Phi) is 5.59. The van der Waals surface area contributed by atoms with Gasteiger partial charge in [0, 0.05) is 31.9 Å². The summed E-state index contributed by atoms with van der Waals surface area (Å²) in [6.45, 7) is 6.13. The molecular formula is C20H23N3O4S. The molecule has 1 fully saturated rings. The number of hydrogen-bond donors (Lipinski definition) is 0. The first-order valence-electron chi connectivity index (χ1n) is 9.47. The van der Waals surface area contributed by atoms with Crippen molar-refractivity contribution in [1.29, 1.82) is 0 Å². The Morgan fingerprint density at radius 3 is 2.93 bits per heavy atom. The predicted molar refractivity (Wildman–Crippen MR) is 106 cm³/mol. The maximum Gasteiger partial charge on any atom is 0.276 e. The van der Waals surface area contributed by atoms with Gasteiger partial charge in [-0.25, -0.2) is 9.97 Å². The third-order valence-electron chi connectivity index (χ3n) is 4.83. The first-order valence-corrected chi connectivity index (χ1v) is 10.3. The topological polar surface area (TPSA) is 77.7 Å². The summed E-state index contributed by atoms with van der Waals surface area (Å²) in [5, 5.41) is 1.02. The molecule has 0 atom stereocenters. The van der Waals surface area contributed by atoms with Crippen molar-refractivity contribution in [3.8, 4) is 5.75 Å². The van der Waals surface area contributed by atoms with Crippen molar-refractivity contribution in [2.75, 3.05) is 19.8 Å². The standard InChI is InChI=1S/C20H23N3O4S/c1-3-23(14-6-8-25-9-7-14)20(24)17-11-27-19(22-17)12-26-15-4-5-18-16(10-15)21-13(2)28-18/h4-5,10-11,14H,3,6-9,12H2,1-2H3. The molecule has 0 N–H and O–H groups in total. The third kappa shape index (κ3) is 4.02. The molecule has 0 spiro atoms. The lowest BCUT2D eigenvalue weighted by Crippen LogP contribution is -2.43. The minimum atomic E-state index is -0.108. The fourth-order valence-electron chi connectivity index (χ4n) is 3.44. The second kappa shape index (κ2) is 8.28. The molecule has 0 bridgehead atoms. The predicted octanol–water partition coefficient (Wildman–Crippen LogP) is 3.81. The lowest BCUT2D eigenvalue weighted by molar-refractivity contribution is 0.0302. The number of carbonyl (C=O) groups is 1. The van der Waals surface area contributed by atoms with Gasteiger partial charge in [0.15, 0.2) is 12.3 Å². The molecule has 2 aromatic heterocycles. The zero-order chi connectivity index (χ0) is 19.5. The number of ether oxygens (including phenoxy) is 2. The molecule has 3 aromatic rings. The van der Waals surface area contributed by atoms with Crippen LogP contribution in [0.1, 0.15) is 41.2 Å². The van der Waals surface area contributed by atoms with Gasteiger partial charge in [0.2, 0.25) is 5.89 Å². The van der Waals surface area contributed by atoms with Gasteiger partial charge in [0.25, 0.3) is 5.91 Å². The van der Waals surface area contributed by atoms with Gasteiger partial charge in [-0.3, -0.25) is 4.79 Å². The Labute approximate surface area is 167 Å². The molecule has 1 amide bonds. The third-order valence-corrected chi connectivity index (χ3v) is 5.78. The maximum absolute atomic E-state index is 12.8. The van der Waals surface area contributed by atoms with Crippen LogP contribution in [-0.4, -0.2) is 46.6 Å². The van der Waals surface area contributed by atoms with Crippen LogP contribution in [-0.2, 0) is 11.3 Å². The van der Waals surface area contributed by atoms with E-state index < -0.39 is 0 Å². The van der Waals surface area contributed by atoms with E-state index in [0.717, 1.165) is 28.1 Å². The Balaban J connectivity index is 1.40. The molecule has 1 aliphatic heterocycles.